The molecule has 0 unspecified atom stereocenters. The van der Waals surface area contributed by atoms with Crippen LogP contribution in [0, 0.1) is 0 Å². The Morgan fingerprint density at radius 2 is 1.63 bits per heavy atom. The van der Waals surface area contributed by atoms with Gasteiger partial charge in [0.25, 0.3) is 0 Å². The van der Waals surface area contributed by atoms with Crippen molar-refractivity contribution in [2.75, 3.05) is 23.8 Å². The van der Waals surface area contributed by atoms with Crippen LogP contribution in [-0.2, 0) is 24.3 Å². The summed E-state index contributed by atoms with van der Waals surface area (Å²) in [5, 5.41) is 5.89. The van der Waals surface area contributed by atoms with Gasteiger partial charge in [0.05, 0.1) is 35.9 Å². The van der Waals surface area contributed by atoms with Crippen LogP contribution in [0.4, 0.5) is 11.6 Å². The summed E-state index contributed by atoms with van der Waals surface area (Å²) in [6.07, 6.45) is 0.890. The molecular weight excluding hydrogens is 470 g/mol. The summed E-state index contributed by atoms with van der Waals surface area (Å²) in [7, 11) is -3.81. The average Bonchev–Trinajstić information content (AvgIpc) is 3.43. The fraction of sp³-hybridized carbons (Fsp3) is 0.292. The van der Waals surface area contributed by atoms with E-state index in [0.29, 0.717) is 18.2 Å². The molecule has 2 saturated heterocycles. The Morgan fingerprint density at radius 3 is 2.34 bits per heavy atom. The summed E-state index contributed by atoms with van der Waals surface area (Å²) in [5.74, 6) is 0.221. The average molecular weight is 496 g/mol. The Kier molecular flexibility index (Phi) is 6.48. The minimum Gasteiger partial charge on any atom is -0.371 e. The highest BCUT2D eigenvalue weighted by Crippen LogP contribution is 2.30. The second-order valence-corrected chi connectivity index (χ2v) is 10.1. The molecule has 10 nitrogen and oxygen atoms in total. The highest BCUT2D eigenvalue weighted by atomic mass is 32.2. The molecule has 35 heavy (non-hydrogen) atoms. The molecule has 0 aliphatic carbocycles. The third-order valence-electron chi connectivity index (χ3n) is 5.88. The van der Waals surface area contributed by atoms with Gasteiger partial charge in [-0.15, -0.1) is 0 Å². The quantitative estimate of drug-likeness (QED) is 0.454. The van der Waals surface area contributed by atoms with Crippen LogP contribution in [0.2, 0.25) is 0 Å². The molecule has 2 aromatic carbocycles. The second-order valence-electron chi connectivity index (χ2n) is 8.41. The third kappa shape index (κ3) is 5.17. The Morgan fingerprint density at radius 1 is 0.943 bits per heavy atom. The fourth-order valence-electron chi connectivity index (χ4n) is 4.28. The molecule has 2 aliphatic heterocycles. The summed E-state index contributed by atoms with van der Waals surface area (Å²) in [4.78, 5) is 20.2. The van der Waals surface area contributed by atoms with E-state index in [2.05, 4.69) is 25.3 Å². The molecule has 1 amide bonds. The van der Waals surface area contributed by atoms with Gasteiger partial charge in [-0.3, -0.25) is 4.79 Å². The lowest BCUT2D eigenvalue weighted by atomic mass is 10.1. The van der Waals surface area contributed by atoms with E-state index in [1.807, 2.05) is 36.4 Å². The number of hydrogen-bond acceptors (Lipinski definition) is 8. The normalized spacial score (nSPS) is 23.6. The molecule has 0 radical (unpaired) electrons. The summed E-state index contributed by atoms with van der Waals surface area (Å²) < 4.78 is 40.3. The van der Waals surface area contributed by atoms with Gasteiger partial charge in [-0.2, -0.15) is 0 Å². The molecule has 3 N–H and O–H groups in total. The number of carbonyl (C=O) groups is 1. The van der Waals surface area contributed by atoms with Crippen LogP contribution in [0.5, 0.6) is 0 Å². The van der Waals surface area contributed by atoms with E-state index in [4.69, 9.17) is 9.47 Å². The summed E-state index contributed by atoms with van der Waals surface area (Å²) in [6.45, 7) is 1.90. The van der Waals surface area contributed by atoms with E-state index in [9.17, 15) is 13.2 Å². The van der Waals surface area contributed by atoms with Crippen LogP contribution in [0.25, 0.3) is 11.3 Å². The monoisotopic (exact) mass is 495 g/mol. The van der Waals surface area contributed by atoms with Crippen LogP contribution in [0.1, 0.15) is 6.92 Å². The number of anilines is 2. The van der Waals surface area contributed by atoms with Crippen LogP contribution in [0.3, 0.4) is 0 Å². The Bertz CT molecular complexity index is 1300. The highest BCUT2D eigenvalue weighted by molar-refractivity contribution is 7.89. The topological polar surface area (TPSA) is 132 Å². The van der Waals surface area contributed by atoms with Crippen LogP contribution in [-0.4, -0.2) is 61.8 Å². The third-order valence-corrected chi connectivity index (χ3v) is 7.39. The number of rotatable bonds is 7. The molecule has 2 aliphatic rings. The first-order chi connectivity index (χ1) is 16.9. The van der Waals surface area contributed by atoms with Crippen molar-refractivity contribution in [3.63, 3.8) is 0 Å². The predicted octanol–water partition coefficient (Wildman–Crippen LogP) is 2.03. The van der Waals surface area contributed by atoms with Crippen molar-refractivity contribution in [3.8, 4) is 11.3 Å². The number of benzene rings is 2. The maximum Gasteiger partial charge on any atom is 0.240 e. The summed E-state index contributed by atoms with van der Waals surface area (Å²) >= 11 is 0. The largest absolute Gasteiger partial charge is 0.371 e. The first-order valence-electron chi connectivity index (χ1n) is 11.2. The molecule has 0 saturated carbocycles. The van der Waals surface area contributed by atoms with Gasteiger partial charge >= 0.3 is 0 Å². The number of fused-ring (bicyclic) bond motifs is 1. The van der Waals surface area contributed by atoms with Gasteiger partial charge in [-0.05, 0) is 30.3 Å². The van der Waals surface area contributed by atoms with Gasteiger partial charge in [0.2, 0.25) is 21.9 Å². The zero-order chi connectivity index (χ0) is 24.4. The summed E-state index contributed by atoms with van der Waals surface area (Å²) in [5.41, 5.74) is 2.29. The van der Waals surface area contributed by atoms with Crippen LogP contribution in [0.15, 0.2) is 71.8 Å². The first-order valence-corrected chi connectivity index (χ1v) is 12.7. The number of nitrogens with one attached hydrogen (secondary N) is 3. The Balaban J connectivity index is 1.23. The number of ether oxygens (including phenoxy) is 2. The molecule has 3 heterocycles. The number of aromatic nitrogens is 2. The van der Waals surface area contributed by atoms with Gasteiger partial charge in [-0.25, -0.2) is 23.1 Å². The molecule has 5 rings (SSSR count). The van der Waals surface area contributed by atoms with Crippen molar-refractivity contribution >= 4 is 27.6 Å². The Labute approximate surface area is 203 Å². The Hall–Kier alpha value is -3.38. The maximum absolute atomic E-state index is 12.9. The standard InChI is InChI=1S/C24H25N5O5S/c1-15(30)26-17-7-9-18(10-8-17)35(31,32)29-21-14-34-22-20(13-33-23(21)22)28-24-25-12-11-19(27-24)16-5-3-2-4-6-16/h2-12,20-23,29H,13-14H2,1H3,(H,26,30)(H,25,27,28)/t20-,21-,22+,23+/m0/s1. The second kappa shape index (κ2) is 9.70. The first kappa shape index (κ1) is 23.4. The molecule has 4 atom stereocenters. The molecule has 11 heteroatoms. The van der Waals surface area contributed by atoms with Gasteiger partial charge in [0, 0.05) is 24.4 Å². The zero-order valence-electron chi connectivity index (χ0n) is 18.9. The zero-order valence-corrected chi connectivity index (χ0v) is 19.7. The van der Waals surface area contributed by atoms with Gasteiger partial charge < -0.3 is 20.1 Å². The molecule has 0 spiro atoms. The maximum atomic E-state index is 12.9. The van der Waals surface area contributed by atoms with E-state index in [1.54, 1.807) is 18.3 Å². The highest BCUT2D eigenvalue weighted by Gasteiger charge is 2.49. The SMILES string of the molecule is CC(=O)Nc1ccc(S(=O)(=O)N[C@H]2CO[C@H]3[C@@H]2OC[C@@H]3Nc2nccc(-c3ccccc3)n2)cc1. The van der Waals surface area contributed by atoms with Crippen LogP contribution >= 0.6 is 0 Å². The van der Waals surface area contributed by atoms with Crippen molar-refractivity contribution < 1.29 is 22.7 Å². The fourth-order valence-corrected chi connectivity index (χ4v) is 5.51. The van der Waals surface area contributed by atoms with Gasteiger partial charge in [-0.1, -0.05) is 30.3 Å². The van der Waals surface area contributed by atoms with E-state index in [-0.39, 0.29) is 29.6 Å². The summed E-state index contributed by atoms with van der Waals surface area (Å²) in [6, 6.07) is 16.8. The van der Waals surface area contributed by atoms with Crippen molar-refractivity contribution in [1.82, 2.24) is 14.7 Å². The lowest BCUT2D eigenvalue weighted by Crippen LogP contribution is -2.44. The number of nitrogens with zero attached hydrogens (tertiary/aromatic N) is 2. The molecule has 182 valence electrons. The lowest BCUT2D eigenvalue weighted by molar-refractivity contribution is -0.114. The van der Waals surface area contributed by atoms with Crippen molar-refractivity contribution in [2.24, 2.45) is 0 Å². The molecular formula is C24H25N5O5S. The molecule has 3 aromatic rings. The van der Waals surface area contributed by atoms with Gasteiger partial charge in [0.1, 0.15) is 12.2 Å². The number of carbonyl (C=O) groups excluding carboxylic acids is 1. The van der Waals surface area contributed by atoms with E-state index < -0.39 is 22.2 Å². The number of hydrogen-bond donors (Lipinski definition) is 3. The molecule has 0 bridgehead atoms. The van der Waals surface area contributed by atoms with Crippen molar-refractivity contribution in [3.05, 3.63) is 66.9 Å². The van der Waals surface area contributed by atoms with E-state index in [1.165, 1.54) is 19.1 Å². The number of sulfonamides is 1. The lowest BCUT2D eigenvalue weighted by Gasteiger charge is -2.18. The van der Waals surface area contributed by atoms with Crippen LogP contribution < -0.4 is 15.4 Å². The molecule has 2 fully saturated rings. The van der Waals surface area contributed by atoms with Crippen molar-refractivity contribution in [1.29, 1.82) is 0 Å². The van der Waals surface area contributed by atoms with Gasteiger partial charge in [0.15, 0.2) is 0 Å². The molecule has 1 aromatic heterocycles. The number of amides is 1. The smallest absolute Gasteiger partial charge is 0.240 e. The van der Waals surface area contributed by atoms with E-state index in [0.717, 1.165) is 11.3 Å². The minimum absolute atomic E-state index is 0.0915. The minimum atomic E-state index is -3.81. The predicted molar refractivity (Wildman–Crippen MR) is 129 cm³/mol. The van der Waals surface area contributed by atoms with E-state index >= 15 is 0 Å². The van der Waals surface area contributed by atoms with Crippen molar-refractivity contribution in [2.45, 2.75) is 36.1 Å².